The number of likely N-dealkylation sites (N-methyl/N-ethyl adjacent to an activating group) is 2. The van der Waals surface area contributed by atoms with Crippen molar-refractivity contribution in [2.75, 3.05) is 39.1 Å². The molecule has 0 saturated heterocycles. The maximum absolute atomic E-state index is 4.67. The van der Waals surface area contributed by atoms with Gasteiger partial charge in [-0.05, 0) is 44.8 Å². The third-order valence-corrected chi connectivity index (χ3v) is 3.66. The summed E-state index contributed by atoms with van der Waals surface area (Å²) in [5.74, 6) is 1.54. The van der Waals surface area contributed by atoms with Crippen LogP contribution in [0.3, 0.4) is 0 Å². The second-order valence-electron chi connectivity index (χ2n) is 5.93. The Balaban J connectivity index is 1.95. The third kappa shape index (κ3) is 3.29. The molecule has 0 aliphatic carbocycles. The Hall–Kier alpha value is -2.54. The Morgan fingerprint density at radius 2 is 1.83 bits per heavy atom. The van der Waals surface area contributed by atoms with E-state index in [1.807, 2.05) is 44.4 Å². The fraction of sp³-hybridized carbons (Fsp3) is 0.375. The fourth-order valence-corrected chi connectivity index (χ4v) is 2.21. The minimum Gasteiger partial charge on any atom is -0.357 e. The average molecular weight is 311 g/mol. The molecular formula is C16H21N7. The smallest absolute Gasteiger partial charge is 0.203 e. The zero-order valence-corrected chi connectivity index (χ0v) is 13.9. The molecule has 23 heavy (non-hydrogen) atoms. The fourth-order valence-electron chi connectivity index (χ4n) is 2.21. The number of aryl methyl sites for hydroxylation is 1. The lowest BCUT2D eigenvalue weighted by Gasteiger charge is -2.20. The van der Waals surface area contributed by atoms with Crippen LogP contribution in [0.5, 0.6) is 0 Å². The Morgan fingerprint density at radius 1 is 1.00 bits per heavy atom. The zero-order chi connectivity index (χ0) is 16.4. The van der Waals surface area contributed by atoms with Crippen molar-refractivity contribution in [3.05, 3.63) is 36.0 Å². The molecule has 0 N–H and O–H groups in total. The van der Waals surface area contributed by atoms with Crippen LogP contribution in [0.4, 0.5) is 5.82 Å². The van der Waals surface area contributed by atoms with Crippen molar-refractivity contribution in [3.63, 3.8) is 0 Å². The van der Waals surface area contributed by atoms with Crippen LogP contribution in [0.25, 0.3) is 17.2 Å². The van der Waals surface area contributed by atoms with Crippen LogP contribution in [0, 0.1) is 6.92 Å². The van der Waals surface area contributed by atoms with Gasteiger partial charge in [0.05, 0.1) is 0 Å². The molecule has 3 aromatic heterocycles. The Bertz CT molecular complexity index is 792. The van der Waals surface area contributed by atoms with Gasteiger partial charge in [0.2, 0.25) is 5.82 Å². The second kappa shape index (κ2) is 6.29. The number of rotatable bonds is 5. The number of pyridine rings is 1. The van der Waals surface area contributed by atoms with Crippen molar-refractivity contribution in [1.29, 1.82) is 0 Å². The second-order valence-corrected chi connectivity index (χ2v) is 5.93. The van der Waals surface area contributed by atoms with E-state index in [1.54, 1.807) is 4.52 Å². The van der Waals surface area contributed by atoms with E-state index < -0.39 is 0 Å². The number of anilines is 1. The number of fused-ring (bicyclic) bond motifs is 1. The highest BCUT2D eigenvalue weighted by Gasteiger charge is 2.12. The molecule has 0 amide bonds. The summed E-state index contributed by atoms with van der Waals surface area (Å²) in [6.07, 6.45) is 1.82. The summed E-state index contributed by atoms with van der Waals surface area (Å²) in [6, 6.07) is 7.84. The van der Waals surface area contributed by atoms with Gasteiger partial charge in [-0.1, -0.05) is 6.07 Å². The van der Waals surface area contributed by atoms with Crippen LogP contribution in [-0.4, -0.2) is 63.9 Å². The first-order valence-corrected chi connectivity index (χ1v) is 7.56. The van der Waals surface area contributed by atoms with Crippen LogP contribution in [0.15, 0.2) is 30.5 Å². The molecule has 0 fully saturated rings. The van der Waals surface area contributed by atoms with Gasteiger partial charge < -0.3 is 9.80 Å². The molecule has 3 aromatic rings. The van der Waals surface area contributed by atoms with E-state index in [0.29, 0.717) is 11.5 Å². The van der Waals surface area contributed by atoms with Crippen molar-refractivity contribution in [2.24, 2.45) is 0 Å². The zero-order valence-electron chi connectivity index (χ0n) is 13.9. The molecule has 0 saturated carbocycles. The van der Waals surface area contributed by atoms with E-state index in [9.17, 15) is 0 Å². The minimum absolute atomic E-state index is 0.655. The summed E-state index contributed by atoms with van der Waals surface area (Å²) < 4.78 is 1.75. The van der Waals surface area contributed by atoms with E-state index in [-0.39, 0.29) is 0 Å². The predicted octanol–water partition coefficient (Wildman–Crippen LogP) is 1.49. The van der Waals surface area contributed by atoms with Gasteiger partial charge in [0.1, 0.15) is 11.5 Å². The summed E-state index contributed by atoms with van der Waals surface area (Å²) in [4.78, 5) is 8.69. The Labute approximate surface area is 135 Å². The highest BCUT2D eigenvalue weighted by molar-refractivity contribution is 5.56. The van der Waals surface area contributed by atoms with Crippen molar-refractivity contribution in [1.82, 2.24) is 29.7 Å². The third-order valence-electron chi connectivity index (χ3n) is 3.66. The first kappa shape index (κ1) is 15.4. The first-order chi connectivity index (χ1) is 11.0. The molecule has 7 heteroatoms. The molecule has 0 bridgehead atoms. The van der Waals surface area contributed by atoms with E-state index >= 15 is 0 Å². The van der Waals surface area contributed by atoms with Gasteiger partial charge in [0, 0.05) is 26.3 Å². The van der Waals surface area contributed by atoms with Crippen molar-refractivity contribution < 1.29 is 0 Å². The highest BCUT2D eigenvalue weighted by atomic mass is 15.4. The van der Waals surface area contributed by atoms with Crippen LogP contribution < -0.4 is 4.90 Å². The largest absolute Gasteiger partial charge is 0.357 e. The van der Waals surface area contributed by atoms with Gasteiger partial charge in [0.15, 0.2) is 5.65 Å². The number of aromatic nitrogens is 5. The van der Waals surface area contributed by atoms with Gasteiger partial charge in [-0.15, -0.1) is 15.3 Å². The van der Waals surface area contributed by atoms with Crippen molar-refractivity contribution in [3.8, 4) is 11.5 Å². The molecule has 0 radical (unpaired) electrons. The molecule has 0 atom stereocenters. The predicted molar refractivity (Wildman–Crippen MR) is 90.6 cm³/mol. The summed E-state index contributed by atoms with van der Waals surface area (Å²) in [7, 11) is 6.16. The van der Waals surface area contributed by atoms with Gasteiger partial charge in [-0.2, -0.15) is 4.52 Å². The van der Waals surface area contributed by atoms with Crippen LogP contribution in [0.2, 0.25) is 0 Å². The molecule has 7 nitrogen and oxygen atoms in total. The van der Waals surface area contributed by atoms with E-state index in [0.717, 1.165) is 30.2 Å². The van der Waals surface area contributed by atoms with Gasteiger partial charge in [-0.25, -0.2) is 0 Å². The molecule has 0 unspecified atom stereocenters. The molecule has 0 aromatic carbocycles. The summed E-state index contributed by atoms with van der Waals surface area (Å²) in [5, 5.41) is 13.1. The molecular weight excluding hydrogens is 290 g/mol. The molecule has 0 spiro atoms. The topological polar surface area (TPSA) is 62.5 Å². The van der Waals surface area contributed by atoms with Crippen LogP contribution in [0.1, 0.15) is 5.56 Å². The molecule has 3 rings (SSSR count). The van der Waals surface area contributed by atoms with Gasteiger partial charge in [-0.3, -0.25) is 4.98 Å². The normalized spacial score (nSPS) is 11.3. The standard InChI is InChI=1S/C16H21N7/c1-12-5-6-13(17-11-12)16-19-18-14-7-8-15(20-23(14)16)22(4)10-9-21(2)3/h5-8,11H,9-10H2,1-4H3. The first-order valence-electron chi connectivity index (χ1n) is 7.56. The molecule has 0 aliphatic heterocycles. The van der Waals surface area contributed by atoms with E-state index in [1.165, 1.54) is 0 Å². The summed E-state index contributed by atoms with van der Waals surface area (Å²) >= 11 is 0. The lowest BCUT2D eigenvalue weighted by molar-refractivity contribution is 0.416. The van der Waals surface area contributed by atoms with Crippen LogP contribution in [-0.2, 0) is 0 Å². The lowest BCUT2D eigenvalue weighted by Crippen LogP contribution is -2.29. The maximum atomic E-state index is 4.67. The monoisotopic (exact) mass is 311 g/mol. The molecule has 3 heterocycles. The van der Waals surface area contributed by atoms with Crippen molar-refractivity contribution >= 4 is 11.5 Å². The number of hydrogen-bond donors (Lipinski definition) is 0. The number of hydrogen-bond acceptors (Lipinski definition) is 6. The Morgan fingerprint density at radius 3 is 2.52 bits per heavy atom. The molecule has 120 valence electrons. The van der Waals surface area contributed by atoms with Gasteiger partial charge in [0.25, 0.3) is 0 Å². The summed E-state index contributed by atoms with van der Waals surface area (Å²) in [6.45, 7) is 3.87. The van der Waals surface area contributed by atoms with Crippen LogP contribution >= 0.6 is 0 Å². The van der Waals surface area contributed by atoms with E-state index in [2.05, 4.69) is 44.2 Å². The number of nitrogens with zero attached hydrogens (tertiary/aromatic N) is 7. The quantitative estimate of drug-likeness (QED) is 0.711. The maximum Gasteiger partial charge on any atom is 0.203 e. The highest BCUT2D eigenvalue weighted by Crippen LogP contribution is 2.17. The lowest BCUT2D eigenvalue weighted by atomic mass is 10.3. The SMILES string of the molecule is Cc1ccc(-c2nnc3ccc(N(C)CCN(C)C)nn23)nc1. The summed E-state index contributed by atoms with van der Waals surface area (Å²) in [5.41, 5.74) is 2.59. The van der Waals surface area contributed by atoms with Crippen molar-refractivity contribution in [2.45, 2.75) is 6.92 Å². The minimum atomic E-state index is 0.655. The van der Waals surface area contributed by atoms with Gasteiger partial charge >= 0.3 is 0 Å². The Kier molecular flexibility index (Phi) is 4.20. The molecule has 0 aliphatic rings. The average Bonchev–Trinajstić information content (AvgIpc) is 2.96. The van der Waals surface area contributed by atoms with E-state index in [4.69, 9.17) is 0 Å².